The van der Waals surface area contributed by atoms with E-state index in [0.717, 1.165) is 25.9 Å². The molecule has 0 amide bonds. The number of aromatic amines is 1. The third kappa shape index (κ3) is 2.23. The largest absolute Gasteiger partial charge is 0.497 e. The van der Waals surface area contributed by atoms with E-state index in [1.165, 1.54) is 29.3 Å². The molecule has 0 saturated carbocycles. The molecule has 1 aromatic carbocycles. The van der Waals surface area contributed by atoms with Crippen LogP contribution in [-0.4, -0.2) is 37.3 Å². The van der Waals surface area contributed by atoms with Gasteiger partial charge in [0.2, 0.25) is 0 Å². The predicted octanol–water partition coefficient (Wildman–Crippen LogP) is 2.01. The van der Waals surface area contributed by atoms with E-state index in [0.29, 0.717) is 17.5 Å². The number of carbonyl (C=O) groups excluding carboxylic acids is 1. The quantitative estimate of drug-likeness (QED) is 0.770. The Morgan fingerprint density at radius 1 is 1.38 bits per heavy atom. The van der Waals surface area contributed by atoms with Crippen molar-refractivity contribution < 1.29 is 20.6 Å². The first kappa shape index (κ1) is 15.9. The second-order valence-corrected chi connectivity index (χ2v) is 7.89. The molecule has 1 aromatic heterocycles. The van der Waals surface area contributed by atoms with E-state index in [-0.39, 0.29) is 19.4 Å². The van der Waals surface area contributed by atoms with Crippen LogP contribution < -0.4 is 4.90 Å². The number of hydrogen-bond acceptors (Lipinski definition) is 3. The molecule has 0 spiro atoms. The molecule has 1 saturated heterocycles. The smallest absolute Gasteiger partial charge is 0.337 e. The molecular formula is C21H27N2O3+. The number of aromatic nitrogens is 1. The molecule has 3 aliphatic rings. The zero-order valence-electron chi connectivity index (χ0n) is 15.2. The Morgan fingerprint density at radius 2 is 2.23 bits per heavy atom. The first-order valence-electron chi connectivity index (χ1n) is 9.55. The highest BCUT2D eigenvalue weighted by Gasteiger charge is 2.49. The fourth-order valence-corrected chi connectivity index (χ4v) is 5.39. The number of para-hydroxylation sites is 1. The fourth-order valence-electron chi connectivity index (χ4n) is 5.39. The van der Waals surface area contributed by atoms with E-state index in [2.05, 4.69) is 36.2 Å². The number of hydrogen-bond donors (Lipinski definition) is 2. The van der Waals surface area contributed by atoms with Crippen LogP contribution in [-0.2, 0) is 20.7 Å². The van der Waals surface area contributed by atoms with Crippen LogP contribution in [0.1, 0.15) is 32.1 Å². The molecular weight excluding hydrogens is 328 g/mol. The molecule has 5 nitrogen and oxygen atoms in total. The normalized spacial score (nSPS) is 32.7. The molecule has 2 aromatic rings. The lowest BCUT2D eigenvalue weighted by Gasteiger charge is -2.46. The van der Waals surface area contributed by atoms with E-state index < -0.39 is 0 Å². The highest BCUT2D eigenvalue weighted by Crippen LogP contribution is 2.41. The van der Waals surface area contributed by atoms with E-state index >= 15 is 0 Å². The van der Waals surface area contributed by atoms with Gasteiger partial charge in [0.25, 0.3) is 0 Å². The van der Waals surface area contributed by atoms with Gasteiger partial charge in [-0.2, -0.15) is 0 Å². The topological polar surface area (TPSA) is 55.8 Å². The summed E-state index contributed by atoms with van der Waals surface area (Å²) in [6.07, 6.45) is 3.87. The van der Waals surface area contributed by atoms with Gasteiger partial charge in [0.15, 0.2) is 0 Å². The second kappa shape index (κ2) is 5.88. The van der Waals surface area contributed by atoms with Crippen molar-refractivity contribution in [2.45, 2.75) is 31.9 Å². The van der Waals surface area contributed by atoms with Crippen molar-refractivity contribution in [3.63, 3.8) is 0 Å². The Kier molecular flexibility index (Phi) is 3.60. The predicted molar refractivity (Wildman–Crippen MR) is 99.8 cm³/mol. The van der Waals surface area contributed by atoms with Gasteiger partial charge in [-0.1, -0.05) is 18.2 Å². The van der Waals surface area contributed by atoms with E-state index in [9.17, 15) is 4.79 Å². The van der Waals surface area contributed by atoms with Crippen molar-refractivity contribution in [2.75, 3.05) is 20.2 Å². The van der Waals surface area contributed by atoms with Gasteiger partial charge in [-0.3, -0.25) is 0 Å². The molecule has 1 fully saturated rings. The summed E-state index contributed by atoms with van der Waals surface area (Å²) in [7, 11) is 1.45. The van der Waals surface area contributed by atoms with Crippen LogP contribution in [0.2, 0.25) is 0 Å². The maximum atomic E-state index is 12.3. The van der Waals surface area contributed by atoms with Gasteiger partial charge in [0.1, 0.15) is 12.1 Å². The highest BCUT2D eigenvalue weighted by molar-refractivity contribution is 5.89. The molecule has 2 N–H and O–H groups in total. The molecule has 0 radical (unpaired) electrons. The summed E-state index contributed by atoms with van der Waals surface area (Å²) in [5.41, 5.74) is 4.77. The first-order valence-corrected chi connectivity index (χ1v) is 9.55. The summed E-state index contributed by atoms with van der Waals surface area (Å²) >= 11 is 0. The summed E-state index contributed by atoms with van der Waals surface area (Å²) in [5.74, 6) is 0.326. The van der Waals surface area contributed by atoms with E-state index in [4.69, 9.17) is 9.47 Å². The number of rotatable bonds is 1. The number of benzene rings is 1. The van der Waals surface area contributed by atoms with Crippen LogP contribution in [0.3, 0.4) is 0 Å². The minimum atomic E-state index is -0.247. The maximum absolute atomic E-state index is 12.3. The van der Waals surface area contributed by atoms with Gasteiger partial charge in [-0.05, 0) is 18.6 Å². The molecule has 5 rings (SSSR count). The van der Waals surface area contributed by atoms with Crippen LogP contribution in [0.4, 0.5) is 0 Å². The van der Waals surface area contributed by atoms with Crippen molar-refractivity contribution in [1.29, 1.82) is 0 Å². The molecule has 26 heavy (non-hydrogen) atoms. The van der Waals surface area contributed by atoms with Gasteiger partial charge >= 0.3 is 5.97 Å². The average Bonchev–Trinajstić information content (AvgIpc) is 3.06. The minimum absolute atomic E-state index is 0. The average molecular weight is 355 g/mol. The third-order valence-electron chi connectivity index (χ3n) is 6.72. The van der Waals surface area contributed by atoms with Crippen LogP contribution in [0.25, 0.3) is 10.9 Å². The lowest BCUT2D eigenvalue weighted by Crippen LogP contribution is -3.15. The van der Waals surface area contributed by atoms with Crippen LogP contribution in [0.15, 0.2) is 36.1 Å². The molecule has 138 valence electrons. The third-order valence-corrected chi connectivity index (χ3v) is 6.72. The number of fused-ring (bicyclic) bond motifs is 6. The molecule has 3 aliphatic heterocycles. The zero-order valence-corrected chi connectivity index (χ0v) is 15.2. The summed E-state index contributed by atoms with van der Waals surface area (Å²) in [4.78, 5) is 17.6. The molecule has 0 aliphatic carbocycles. The Labute approximate surface area is 154 Å². The zero-order chi connectivity index (χ0) is 17.8. The summed E-state index contributed by atoms with van der Waals surface area (Å²) < 4.78 is 10.8. The Hall–Kier alpha value is -2.27. The maximum Gasteiger partial charge on any atom is 0.337 e. The number of H-pyrrole nitrogens is 1. The summed E-state index contributed by atoms with van der Waals surface area (Å²) in [6, 6.07) is 8.99. The van der Waals surface area contributed by atoms with Crippen LogP contribution in [0, 0.1) is 11.8 Å². The minimum Gasteiger partial charge on any atom is -0.497 e. The number of ether oxygens (including phenoxy) is 2. The highest BCUT2D eigenvalue weighted by atomic mass is 16.5. The number of piperidine rings is 1. The number of nitrogens with one attached hydrogen (secondary N) is 2. The van der Waals surface area contributed by atoms with E-state index in [1.807, 2.05) is 0 Å². The molecule has 2 unspecified atom stereocenters. The SMILES string of the molecule is COC(=O)C1=CO[C@H](C)C2C[NH+]3CCc4c([nH]c5ccccc45)[C@H]3C[C@@H]12.[HH]. The van der Waals surface area contributed by atoms with Crippen LogP contribution in [0.5, 0.6) is 0 Å². The fraction of sp³-hybridized carbons (Fsp3) is 0.476. The second-order valence-electron chi connectivity index (χ2n) is 7.89. The van der Waals surface area contributed by atoms with Gasteiger partial charge < -0.3 is 19.4 Å². The molecule has 0 bridgehead atoms. The number of methoxy groups -OCH3 is 1. The number of carbonyl (C=O) groups is 1. The van der Waals surface area contributed by atoms with Gasteiger partial charge in [0, 0.05) is 31.1 Å². The standard InChI is InChI=1S/C21H24N2O3.H2/c1-12-16-10-23-8-7-14-13-5-3-4-6-18(13)22-20(14)19(23)9-15(16)17(11-26-12)21(24)25-2;/h3-6,11-12,15-16,19,22H,7-10H2,1-2H3;1H/p+1/t12-,15-,16?,19-;/m1./s1. The molecule has 5 heteroatoms. The van der Waals surface area contributed by atoms with Gasteiger partial charge in [-0.15, -0.1) is 0 Å². The summed E-state index contributed by atoms with van der Waals surface area (Å²) in [6.45, 7) is 4.31. The van der Waals surface area contributed by atoms with Crippen LogP contribution >= 0.6 is 0 Å². The monoisotopic (exact) mass is 355 g/mol. The van der Waals surface area contributed by atoms with Crippen molar-refractivity contribution >= 4 is 16.9 Å². The van der Waals surface area contributed by atoms with Crippen molar-refractivity contribution in [1.82, 2.24) is 4.98 Å². The van der Waals surface area contributed by atoms with Crippen molar-refractivity contribution in [3.8, 4) is 0 Å². The van der Waals surface area contributed by atoms with Gasteiger partial charge in [0.05, 0.1) is 43.6 Å². The first-order chi connectivity index (χ1) is 12.7. The number of quaternary nitrogens is 1. The Balaban J connectivity index is 0.00000180. The Morgan fingerprint density at radius 3 is 3.08 bits per heavy atom. The van der Waals surface area contributed by atoms with Gasteiger partial charge in [-0.25, -0.2) is 4.79 Å². The van der Waals surface area contributed by atoms with Crippen molar-refractivity contribution in [3.05, 3.63) is 47.4 Å². The van der Waals surface area contributed by atoms with Crippen molar-refractivity contribution in [2.24, 2.45) is 11.8 Å². The van der Waals surface area contributed by atoms with E-state index in [1.54, 1.807) is 11.2 Å². The summed E-state index contributed by atoms with van der Waals surface area (Å²) in [5, 5.41) is 1.35. The lowest BCUT2D eigenvalue weighted by atomic mass is 9.72. The number of esters is 1. The Bertz CT molecular complexity index is 906. The molecule has 5 atom stereocenters. The lowest BCUT2D eigenvalue weighted by molar-refractivity contribution is -0.944. The molecule has 4 heterocycles.